The third-order valence-corrected chi connectivity index (χ3v) is 4.26. The van der Waals surface area contributed by atoms with Gasteiger partial charge < -0.3 is 15.5 Å². The smallest absolute Gasteiger partial charge is 0.228 e. The van der Waals surface area contributed by atoms with Crippen molar-refractivity contribution in [2.75, 3.05) is 30.4 Å². The molecule has 0 saturated carbocycles. The van der Waals surface area contributed by atoms with Gasteiger partial charge in [0.2, 0.25) is 11.8 Å². The Bertz CT molecular complexity index is 730. The molecule has 5 heteroatoms. The minimum atomic E-state index is -0.419. The maximum Gasteiger partial charge on any atom is 0.228 e. The molecular weight excluding hydrogens is 302 g/mol. The molecule has 1 atom stereocenters. The topological polar surface area (TPSA) is 61.4 Å². The Morgan fingerprint density at radius 2 is 1.88 bits per heavy atom. The van der Waals surface area contributed by atoms with E-state index in [4.69, 9.17) is 0 Å². The molecule has 1 heterocycles. The van der Waals surface area contributed by atoms with Crippen molar-refractivity contribution in [1.29, 1.82) is 0 Å². The predicted molar refractivity (Wildman–Crippen MR) is 95.2 cm³/mol. The molecule has 1 aliphatic rings. The lowest BCUT2D eigenvalue weighted by Gasteiger charge is -2.25. The lowest BCUT2D eigenvalue weighted by atomic mass is 9.90. The van der Waals surface area contributed by atoms with E-state index >= 15 is 0 Å². The Hall–Kier alpha value is -2.82. The second-order valence-electron chi connectivity index (χ2n) is 5.94. The summed E-state index contributed by atoms with van der Waals surface area (Å²) in [5.41, 5.74) is 2.72. The molecule has 3 rings (SSSR count). The zero-order valence-corrected chi connectivity index (χ0v) is 13.7. The van der Waals surface area contributed by atoms with Crippen LogP contribution in [0.2, 0.25) is 0 Å². The van der Waals surface area contributed by atoms with E-state index in [9.17, 15) is 9.59 Å². The van der Waals surface area contributed by atoms with Crippen LogP contribution in [-0.2, 0) is 9.59 Å². The Morgan fingerprint density at radius 3 is 2.67 bits per heavy atom. The van der Waals surface area contributed by atoms with Crippen LogP contribution in [0.15, 0.2) is 54.6 Å². The van der Waals surface area contributed by atoms with Crippen molar-refractivity contribution in [3.8, 4) is 0 Å². The second kappa shape index (κ2) is 7.17. The number of carbonyl (C=O) groups is 2. The molecule has 1 unspecified atom stereocenters. The fraction of sp³-hybridized carbons (Fsp3) is 0.263. The lowest BCUT2D eigenvalue weighted by molar-refractivity contribution is -0.126. The normalized spacial score (nSPS) is 16.0. The molecule has 0 saturated heterocycles. The van der Waals surface area contributed by atoms with Crippen molar-refractivity contribution in [2.45, 2.75) is 12.3 Å². The van der Waals surface area contributed by atoms with Crippen molar-refractivity contribution < 1.29 is 9.59 Å². The molecule has 0 aromatic heterocycles. The molecule has 5 nitrogen and oxygen atoms in total. The SMILES string of the molecule is CN(CCNC(=O)C1CC(=O)Nc2ccccc21)c1ccccc1. The fourth-order valence-corrected chi connectivity index (χ4v) is 2.93. The number of amides is 2. The van der Waals surface area contributed by atoms with Crippen molar-refractivity contribution in [2.24, 2.45) is 0 Å². The van der Waals surface area contributed by atoms with Gasteiger partial charge in [0.25, 0.3) is 0 Å². The van der Waals surface area contributed by atoms with E-state index in [0.717, 1.165) is 16.9 Å². The van der Waals surface area contributed by atoms with Gasteiger partial charge in [0.15, 0.2) is 0 Å². The first-order valence-corrected chi connectivity index (χ1v) is 8.08. The Labute approximate surface area is 141 Å². The van der Waals surface area contributed by atoms with E-state index in [1.165, 1.54) is 0 Å². The summed E-state index contributed by atoms with van der Waals surface area (Å²) >= 11 is 0. The number of rotatable bonds is 5. The Balaban J connectivity index is 1.59. The average Bonchev–Trinajstić information content (AvgIpc) is 2.61. The molecule has 2 N–H and O–H groups in total. The molecule has 1 aliphatic heterocycles. The van der Waals surface area contributed by atoms with E-state index in [0.29, 0.717) is 13.1 Å². The van der Waals surface area contributed by atoms with Crippen LogP contribution in [-0.4, -0.2) is 32.0 Å². The van der Waals surface area contributed by atoms with Crippen molar-refractivity contribution in [1.82, 2.24) is 5.32 Å². The summed E-state index contributed by atoms with van der Waals surface area (Å²) in [5.74, 6) is -0.633. The highest BCUT2D eigenvalue weighted by Gasteiger charge is 2.30. The number of likely N-dealkylation sites (N-methyl/N-ethyl adjacent to an activating group) is 1. The van der Waals surface area contributed by atoms with Gasteiger partial charge in [-0.2, -0.15) is 0 Å². The molecule has 2 aromatic carbocycles. The molecule has 2 aromatic rings. The van der Waals surface area contributed by atoms with Crippen molar-refractivity contribution in [3.05, 3.63) is 60.2 Å². The standard InChI is InChI=1S/C19H21N3O2/c1-22(14-7-3-2-4-8-14)12-11-20-19(24)16-13-18(23)21-17-10-6-5-9-15(16)17/h2-10,16H,11-13H2,1H3,(H,20,24)(H,21,23). The van der Waals surface area contributed by atoms with Gasteiger partial charge in [-0.25, -0.2) is 0 Å². The van der Waals surface area contributed by atoms with Crippen molar-refractivity contribution >= 4 is 23.2 Å². The molecule has 124 valence electrons. The maximum absolute atomic E-state index is 12.5. The van der Waals surface area contributed by atoms with Crippen LogP contribution in [0.3, 0.4) is 0 Å². The quantitative estimate of drug-likeness (QED) is 0.888. The van der Waals surface area contributed by atoms with E-state index in [1.807, 2.05) is 61.6 Å². The number of carbonyl (C=O) groups excluding carboxylic acids is 2. The number of hydrogen-bond donors (Lipinski definition) is 2. The Morgan fingerprint density at radius 1 is 1.17 bits per heavy atom. The summed E-state index contributed by atoms with van der Waals surface area (Å²) in [4.78, 5) is 26.4. The van der Waals surface area contributed by atoms with Crippen LogP contribution >= 0.6 is 0 Å². The van der Waals surface area contributed by atoms with Crippen LogP contribution in [0.4, 0.5) is 11.4 Å². The van der Waals surface area contributed by atoms with Gasteiger partial charge in [-0.3, -0.25) is 9.59 Å². The predicted octanol–water partition coefficient (Wildman–Crippen LogP) is 2.36. The van der Waals surface area contributed by atoms with Gasteiger partial charge >= 0.3 is 0 Å². The lowest BCUT2D eigenvalue weighted by Crippen LogP contribution is -2.38. The molecule has 0 aliphatic carbocycles. The molecule has 24 heavy (non-hydrogen) atoms. The molecule has 0 radical (unpaired) electrons. The van der Waals surface area contributed by atoms with Gasteiger partial charge in [-0.1, -0.05) is 36.4 Å². The van der Waals surface area contributed by atoms with Crippen molar-refractivity contribution in [3.63, 3.8) is 0 Å². The summed E-state index contributed by atoms with van der Waals surface area (Å²) in [6.45, 7) is 1.24. The molecule has 2 amide bonds. The molecule has 0 bridgehead atoms. The van der Waals surface area contributed by atoms with Gasteiger partial charge in [0, 0.05) is 37.9 Å². The minimum Gasteiger partial charge on any atom is -0.373 e. The van der Waals surface area contributed by atoms with Gasteiger partial charge in [-0.15, -0.1) is 0 Å². The summed E-state index contributed by atoms with van der Waals surface area (Å²) in [6, 6.07) is 17.5. The van der Waals surface area contributed by atoms with Crippen LogP contribution in [0.5, 0.6) is 0 Å². The first-order chi connectivity index (χ1) is 11.6. The third-order valence-electron chi connectivity index (χ3n) is 4.26. The monoisotopic (exact) mass is 323 g/mol. The number of hydrogen-bond acceptors (Lipinski definition) is 3. The van der Waals surface area contributed by atoms with Gasteiger partial charge in [0.05, 0.1) is 5.92 Å². The summed E-state index contributed by atoms with van der Waals surface area (Å²) in [6.07, 6.45) is 0.192. The van der Waals surface area contributed by atoms with Crippen LogP contribution < -0.4 is 15.5 Å². The van der Waals surface area contributed by atoms with Crippen LogP contribution in [0.25, 0.3) is 0 Å². The zero-order chi connectivity index (χ0) is 16.9. The number of anilines is 2. The van der Waals surface area contributed by atoms with Gasteiger partial charge in [-0.05, 0) is 23.8 Å². The molecule has 0 spiro atoms. The second-order valence-corrected chi connectivity index (χ2v) is 5.94. The fourth-order valence-electron chi connectivity index (χ4n) is 2.93. The number of fused-ring (bicyclic) bond motifs is 1. The highest BCUT2D eigenvalue weighted by atomic mass is 16.2. The summed E-state index contributed by atoms with van der Waals surface area (Å²) < 4.78 is 0. The van der Waals surface area contributed by atoms with E-state index in [1.54, 1.807) is 0 Å². The Kier molecular flexibility index (Phi) is 4.79. The van der Waals surface area contributed by atoms with E-state index in [-0.39, 0.29) is 18.2 Å². The number of nitrogens with one attached hydrogen (secondary N) is 2. The first kappa shape index (κ1) is 16.1. The average molecular weight is 323 g/mol. The van der Waals surface area contributed by atoms with Crippen LogP contribution in [0, 0.1) is 0 Å². The number of para-hydroxylation sites is 2. The number of nitrogens with zero attached hydrogens (tertiary/aromatic N) is 1. The van der Waals surface area contributed by atoms with Crippen LogP contribution in [0.1, 0.15) is 17.9 Å². The van der Waals surface area contributed by atoms with E-state index in [2.05, 4.69) is 15.5 Å². The first-order valence-electron chi connectivity index (χ1n) is 8.08. The third kappa shape index (κ3) is 3.56. The number of benzene rings is 2. The van der Waals surface area contributed by atoms with E-state index < -0.39 is 5.92 Å². The summed E-state index contributed by atoms with van der Waals surface area (Å²) in [5, 5.41) is 5.77. The maximum atomic E-state index is 12.5. The highest BCUT2D eigenvalue weighted by molar-refractivity contribution is 6.01. The minimum absolute atomic E-state index is 0.0984. The zero-order valence-electron chi connectivity index (χ0n) is 13.7. The summed E-state index contributed by atoms with van der Waals surface area (Å²) in [7, 11) is 1.99. The molecule has 0 fully saturated rings. The largest absolute Gasteiger partial charge is 0.373 e. The van der Waals surface area contributed by atoms with Gasteiger partial charge in [0.1, 0.15) is 0 Å². The molecular formula is C19H21N3O2. The highest BCUT2D eigenvalue weighted by Crippen LogP contribution is 2.31.